The van der Waals surface area contributed by atoms with E-state index >= 15 is 0 Å². The Balaban J connectivity index is 1.74. The minimum atomic E-state index is -2.63. The van der Waals surface area contributed by atoms with E-state index in [1.165, 1.54) is 22.3 Å². The number of carbonyl (C=O) groups is 3. The Kier molecular flexibility index (Phi) is 5.17. The van der Waals surface area contributed by atoms with Gasteiger partial charge in [-0.1, -0.05) is 6.07 Å². The lowest BCUT2D eigenvalue weighted by Crippen LogP contribution is -2.63. The van der Waals surface area contributed by atoms with Gasteiger partial charge in [-0.05, 0) is 72.4 Å². The highest BCUT2D eigenvalue weighted by Crippen LogP contribution is 2.53. The first-order valence-electron chi connectivity index (χ1n) is 11.0. The molecule has 0 radical (unpaired) electrons. The van der Waals surface area contributed by atoms with Crippen molar-refractivity contribution < 1.29 is 34.8 Å². The Labute approximate surface area is 204 Å². The summed E-state index contributed by atoms with van der Waals surface area (Å²) in [7, 11) is 3.19. The molecule has 1 aromatic heterocycles. The molecular formula is C25H24N2O7S. The maximum atomic E-state index is 13.7. The minimum absolute atomic E-state index is 0.00878. The molecule has 0 spiro atoms. The molecule has 5 rings (SSSR count). The van der Waals surface area contributed by atoms with Crippen LogP contribution in [0.15, 0.2) is 51.6 Å². The van der Waals surface area contributed by atoms with Crippen molar-refractivity contribution in [2.45, 2.75) is 24.5 Å². The minimum Gasteiger partial charge on any atom is -0.510 e. The van der Waals surface area contributed by atoms with E-state index in [9.17, 15) is 34.8 Å². The van der Waals surface area contributed by atoms with Gasteiger partial charge in [0, 0.05) is 11.5 Å². The molecule has 0 unspecified atom stereocenters. The zero-order chi connectivity index (χ0) is 25.4. The number of amides is 1. The number of phenolic OH excluding ortho intramolecular Hbond substituents is 1. The zero-order valence-electron chi connectivity index (χ0n) is 19.0. The van der Waals surface area contributed by atoms with Gasteiger partial charge in [-0.2, -0.15) is 11.3 Å². The zero-order valence-corrected chi connectivity index (χ0v) is 19.8. The van der Waals surface area contributed by atoms with Crippen molar-refractivity contribution in [3.63, 3.8) is 0 Å². The molecule has 1 aromatic carbocycles. The van der Waals surface area contributed by atoms with Gasteiger partial charge >= 0.3 is 0 Å². The predicted molar refractivity (Wildman–Crippen MR) is 127 cm³/mol. The first kappa shape index (κ1) is 23.3. The van der Waals surface area contributed by atoms with Crippen LogP contribution >= 0.6 is 11.3 Å². The van der Waals surface area contributed by atoms with Gasteiger partial charge < -0.3 is 26.2 Å². The number of carbonyl (C=O) groups excluding carboxylic acids is 3. The summed E-state index contributed by atoms with van der Waals surface area (Å²) >= 11 is 1.49. The molecule has 1 heterocycles. The molecule has 1 amide bonds. The van der Waals surface area contributed by atoms with Crippen molar-refractivity contribution in [3.8, 4) is 16.9 Å². The standard InChI is InChI=1S/C25H24N2O7S/c1-27(2)19-14-8-11-7-13-12(10-5-6-35-9-10)3-4-15(28)17(13)20(29)16(11)22(31)25(14,34)23(32)18(21(19)30)24(26)33/h3-6,9,11,14,19,28,30-31,34H,7-8H2,1-2H3,(H2,26,33)/t11-,14-,19-,25-/m1/s1. The SMILES string of the molecule is CN(C)[C@H]1C(O)=C(C(N)=O)C(=O)[C@]2(O)C(O)=C3C(=O)c4c(O)ccc(-c5ccsc5)c4C[C@@H]3C[C@H]12. The summed E-state index contributed by atoms with van der Waals surface area (Å²) in [5, 5.41) is 48.1. The number of rotatable bonds is 3. The van der Waals surface area contributed by atoms with Crippen molar-refractivity contribution in [2.24, 2.45) is 17.6 Å². The summed E-state index contributed by atoms with van der Waals surface area (Å²) < 4.78 is 0. The van der Waals surface area contributed by atoms with Crippen LogP contribution in [0.4, 0.5) is 0 Å². The third kappa shape index (κ3) is 3.03. The fourth-order valence-electron chi connectivity index (χ4n) is 5.94. The van der Waals surface area contributed by atoms with Crippen molar-refractivity contribution in [1.29, 1.82) is 0 Å². The number of thiophene rings is 1. The molecule has 10 heteroatoms. The highest BCUT2D eigenvalue weighted by atomic mass is 32.1. The molecule has 2 aromatic rings. The fraction of sp³-hybridized carbons (Fsp3) is 0.320. The van der Waals surface area contributed by atoms with E-state index < -0.39 is 58.0 Å². The second-order valence-electron chi connectivity index (χ2n) is 9.46. The van der Waals surface area contributed by atoms with E-state index in [1.54, 1.807) is 20.2 Å². The largest absolute Gasteiger partial charge is 0.510 e. The Hall–Kier alpha value is -3.47. The molecular weight excluding hydrogens is 472 g/mol. The molecule has 0 fully saturated rings. The number of aromatic hydroxyl groups is 1. The Bertz CT molecular complexity index is 1360. The molecule has 6 N–H and O–H groups in total. The first-order valence-corrected chi connectivity index (χ1v) is 12.0. The van der Waals surface area contributed by atoms with Crippen LogP contribution in [-0.4, -0.2) is 68.5 Å². The van der Waals surface area contributed by atoms with Crippen LogP contribution in [0.2, 0.25) is 0 Å². The number of aliphatic hydroxyl groups excluding tert-OH is 2. The summed E-state index contributed by atoms with van der Waals surface area (Å²) in [6.07, 6.45) is 0.318. The number of hydrogen-bond acceptors (Lipinski definition) is 9. The average Bonchev–Trinajstić information content (AvgIpc) is 3.30. The number of Topliss-reactive ketones (excluding diaryl/α,β-unsaturated/α-hetero) is 2. The Morgan fingerprint density at radius 3 is 2.49 bits per heavy atom. The first-order chi connectivity index (χ1) is 16.5. The van der Waals surface area contributed by atoms with E-state index in [0.29, 0.717) is 5.56 Å². The summed E-state index contributed by atoms with van der Waals surface area (Å²) in [6, 6.07) is 4.03. The summed E-state index contributed by atoms with van der Waals surface area (Å²) in [5.74, 6) is -6.54. The quantitative estimate of drug-likeness (QED) is 0.402. The second-order valence-corrected chi connectivity index (χ2v) is 10.2. The third-order valence-corrected chi connectivity index (χ3v) is 8.12. The number of benzene rings is 1. The van der Waals surface area contributed by atoms with Gasteiger partial charge in [0.05, 0.1) is 11.6 Å². The number of nitrogens with zero attached hydrogens (tertiary/aromatic N) is 1. The molecule has 9 nitrogen and oxygen atoms in total. The van der Waals surface area contributed by atoms with Crippen LogP contribution < -0.4 is 5.73 Å². The van der Waals surface area contributed by atoms with Crippen molar-refractivity contribution in [2.75, 3.05) is 14.1 Å². The highest BCUT2D eigenvalue weighted by molar-refractivity contribution is 7.08. The number of nitrogens with two attached hydrogens (primary N) is 1. The molecule has 0 saturated heterocycles. The van der Waals surface area contributed by atoms with Crippen molar-refractivity contribution in [1.82, 2.24) is 4.90 Å². The molecule has 4 atom stereocenters. The lowest BCUT2D eigenvalue weighted by atomic mass is 9.58. The van der Waals surface area contributed by atoms with Crippen LogP contribution in [0.5, 0.6) is 5.75 Å². The molecule has 0 bridgehead atoms. The molecule has 35 heavy (non-hydrogen) atoms. The van der Waals surface area contributed by atoms with Gasteiger partial charge in [0.1, 0.15) is 22.8 Å². The Morgan fingerprint density at radius 2 is 1.89 bits per heavy atom. The van der Waals surface area contributed by atoms with Crippen LogP contribution in [-0.2, 0) is 16.0 Å². The fourth-order valence-corrected chi connectivity index (χ4v) is 6.59. The summed E-state index contributed by atoms with van der Waals surface area (Å²) in [6.45, 7) is 0. The van der Waals surface area contributed by atoms with Crippen molar-refractivity contribution >= 4 is 28.8 Å². The molecule has 0 aliphatic heterocycles. The number of phenols is 1. The number of hydrogen-bond donors (Lipinski definition) is 5. The lowest BCUT2D eigenvalue weighted by molar-refractivity contribution is -0.148. The number of ketones is 2. The Morgan fingerprint density at radius 1 is 1.17 bits per heavy atom. The number of fused-ring (bicyclic) bond motifs is 3. The lowest BCUT2D eigenvalue weighted by Gasteiger charge is -2.50. The van der Waals surface area contributed by atoms with E-state index in [4.69, 9.17) is 5.73 Å². The van der Waals surface area contributed by atoms with Crippen molar-refractivity contribution in [3.05, 3.63) is 62.8 Å². The normalized spacial score (nSPS) is 28.2. The maximum absolute atomic E-state index is 13.7. The summed E-state index contributed by atoms with van der Waals surface area (Å²) in [5.41, 5.74) is 4.00. The van der Waals surface area contributed by atoms with Crippen LogP contribution in [0, 0.1) is 11.8 Å². The van der Waals surface area contributed by atoms with E-state index in [-0.39, 0.29) is 29.7 Å². The predicted octanol–water partition coefficient (Wildman–Crippen LogP) is 1.85. The number of allylic oxidation sites excluding steroid dienone is 1. The number of likely N-dealkylation sites (N-methyl/N-ethyl adjacent to an activating group) is 1. The van der Waals surface area contributed by atoms with Crippen LogP contribution in [0.3, 0.4) is 0 Å². The molecule has 3 aliphatic carbocycles. The number of aliphatic hydroxyl groups is 3. The number of primary amides is 1. The smallest absolute Gasteiger partial charge is 0.255 e. The second kappa shape index (κ2) is 7.77. The third-order valence-electron chi connectivity index (χ3n) is 7.44. The van der Waals surface area contributed by atoms with Crippen LogP contribution in [0.25, 0.3) is 11.1 Å². The molecule has 3 aliphatic rings. The monoisotopic (exact) mass is 496 g/mol. The van der Waals surface area contributed by atoms with E-state index in [2.05, 4.69) is 0 Å². The molecule has 0 saturated carbocycles. The maximum Gasteiger partial charge on any atom is 0.255 e. The van der Waals surface area contributed by atoms with Gasteiger partial charge in [0.2, 0.25) is 5.78 Å². The van der Waals surface area contributed by atoms with E-state index in [0.717, 1.165) is 11.1 Å². The topological polar surface area (TPSA) is 161 Å². The average molecular weight is 497 g/mol. The molecule has 182 valence electrons. The van der Waals surface area contributed by atoms with Crippen LogP contribution in [0.1, 0.15) is 22.3 Å². The summed E-state index contributed by atoms with van der Waals surface area (Å²) in [4.78, 5) is 40.5. The highest BCUT2D eigenvalue weighted by Gasteiger charge is 2.63. The van der Waals surface area contributed by atoms with Gasteiger partial charge in [0.25, 0.3) is 5.91 Å². The van der Waals surface area contributed by atoms with Gasteiger partial charge in [-0.25, -0.2) is 0 Å². The van der Waals surface area contributed by atoms with Gasteiger partial charge in [-0.3, -0.25) is 19.3 Å². The van der Waals surface area contributed by atoms with E-state index in [1.807, 2.05) is 16.8 Å². The van der Waals surface area contributed by atoms with Gasteiger partial charge in [0.15, 0.2) is 11.4 Å². The van der Waals surface area contributed by atoms with Gasteiger partial charge in [-0.15, -0.1) is 0 Å².